The van der Waals surface area contributed by atoms with E-state index in [4.69, 9.17) is 4.74 Å². The van der Waals surface area contributed by atoms with Crippen LogP contribution < -0.4 is 5.32 Å². The van der Waals surface area contributed by atoms with E-state index >= 15 is 0 Å². The number of fused-ring (bicyclic) bond motifs is 1. The molecule has 2 aromatic heterocycles. The summed E-state index contributed by atoms with van der Waals surface area (Å²) in [4.78, 5) is 17.7. The number of esters is 1. The van der Waals surface area contributed by atoms with Crippen molar-refractivity contribution in [3.63, 3.8) is 0 Å². The lowest BCUT2D eigenvalue weighted by atomic mass is 10.00. The molecule has 3 heterocycles. The second-order valence-electron chi connectivity index (χ2n) is 4.78. The summed E-state index contributed by atoms with van der Waals surface area (Å²) >= 11 is 1.61. The first kappa shape index (κ1) is 13.8. The van der Waals surface area contributed by atoms with Crippen LogP contribution in [0.3, 0.4) is 0 Å². The smallest absolute Gasteiger partial charge is 0.338 e. The zero-order chi connectivity index (χ0) is 15.0. The summed E-state index contributed by atoms with van der Waals surface area (Å²) in [6.07, 6.45) is 1.49. The van der Waals surface area contributed by atoms with Crippen molar-refractivity contribution in [1.29, 1.82) is 0 Å². The van der Waals surface area contributed by atoms with Crippen LogP contribution in [0.5, 0.6) is 0 Å². The Bertz CT molecular complexity index is 716. The third-order valence-corrected chi connectivity index (χ3v) is 4.51. The molecule has 0 saturated carbocycles. The zero-order valence-corrected chi connectivity index (χ0v) is 12.9. The highest BCUT2D eigenvalue weighted by molar-refractivity contribution is 7.10. The molecule has 1 atom stereocenters. The summed E-state index contributed by atoms with van der Waals surface area (Å²) < 4.78 is 6.95. The molecule has 1 N–H and O–H groups in total. The lowest BCUT2D eigenvalue weighted by Crippen LogP contribution is -2.29. The number of carbonyl (C=O) groups is 1. The molecule has 7 heteroatoms. The van der Waals surface area contributed by atoms with E-state index in [9.17, 15) is 4.79 Å². The number of aromatic nitrogens is 3. The molecule has 6 nitrogen and oxygen atoms in total. The fraction of sp³-hybridized carbons (Fsp3) is 0.357. The Morgan fingerprint density at radius 3 is 3.00 bits per heavy atom. The molecule has 3 rings (SSSR count). The highest BCUT2D eigenvalue weighted by Crippen LogP contribution is 2.38. The summed E-state index contributed by atoms with van der Waals surface area (Å²) in [6, 6.07) is 1.75. The van der Waals surface area contributed by atoms with Gasteiger partial charge >= 0.3 is 5.97 Å². The van der Waals surface area contributed by atoms with E-state index in [1.54, 1.807) is 22.9 Å². The number of carbonyl (C=O) groups excluding carboxylic acids is 1. The van der Waals surface area contributed by atoms with E-state index in [1.165, 1.54) is 6.33 Å². The van der Waals surface area contributed by atoms with Crippen LogP contribution in [0.4, 0.5) is 5.95 Å². The van der Waals surface area contributed by atoms with Gasteiger partial charge in [-0.3, -0.25) is 0 Å². The van der Waals surface area contributed by atoms with Crippen molar-refractivity contribution < 1.29 is 9.53 Å². The Balaban J connectivity index is 2.16. The molecule has 2 aromatic rings. The van der Waals surface area contributed by atoms with Gasteiger partial charge < -0.3 is 10.1 Å². The number of nitrogens with one attached hydrogen (secondary N) is 1. The van der Waals surface area contributed by atoms with Crippen LogP contribution in [0, 0.1) is 6.92 Å². The number of nitrogens with zero attached hydrogens (tertiary/aromatic N) is 3. The fourth-order valence-electron chi connectivity index (χ4n) is 2.47. The summed E-state index contributed by atoms with van der Waals surface area (Å²) in [5.41, 5.74) is 2.47. The van der Waals surface area contributed by atoms with Gasteiger partial charge in [0.05, 0.1) is 12.2 Å². The SMILES string of the molecule is CCOC(=O)C1=C(C)Nc2ncnn2[C@H]1c1sccc1C. The Hall–Kier alpha value is -2.15. The maximum absolute atomic E-state index is 12.4. The third-order valence-electron chi connectivity index (χ3n) is 3.44. The van der Waals surface area contributed by atoms with Crippen molar-refractivity contribution in [3.05, 3.63) is 39.5 Å². The Kier molecular flexibility index (Phi) is 3.50. The van der Waals surface area contributed by atoms with Crippen molar-refractivity contribution in [2.45, 2.75) is 26.8 Å². The van der Waals surface area contributed by atoms with Gasteiger partial charge in [0.15, 0.2) is 0 Å². The number of allylic oxidation sites excluding steroid dienone is 1. The van der Waals surface area contributed by atoms with Crippen LogP contribution >= 0.6 is 11.3 Å². The molecule has 0 bridgehead atoms. The van der Waals surface area contributed by atoms with Crippen molar-refractivity contribution >= 4 is 23.3 Å². The van der Waals surface area contributed by atoms with E-state index in [0.717, 1.165) is 16.1 Å². The third kappa shape index (κ3) is 2.23. The highest BCUT2D eigenvalue weighted by atomic mass is 32.1. The monoisotopic (exact) mass is 304 g/mol. The molecule has 0 unspecified atom stereocenters. The van der Waals surface area contributed by atoms with Gasteiger partial charge in [-0.15, -0.1) is 11.3 Å². The van der Waals surface area contributed by atoms with Crippen LogP contribution in [0.15, 0.2) is 29.0 Å². The lowest BCUT2D eigenvalue weighted by molar-refractivity contribution is -0.139. The van der Waals surface area contributed by atoms with Crippen LogP contribution in [-0.2, 0) is 9.53 Å². The molecule has 0 fully saturated rings. The van der Waals surface area contributed by atoms with Crippen LogP contribution in [0.25, 0.3) is 0 Å². The Morgan fingerprint density at radius 2 is 2.33 bits per heavy atom. The van der Waals surface area contributed by atoms with E-state index in [2.05, 4.69) is 15.4 Å². The second kappa shape index (κ2) is 5.33. The Labute approximate surface area is 126 Å². The summed E-state index contributed by atoms with van der Waals surface area (Å²) in [5, 5.41) is 9.40. The quantitative estimate of drug-likeness (QED) is 0.882. The minimum Gasteiger partial charge on any atom is -0.463 e. The maximum Gasteiger partial charge on any atom is 0.338 e. The molecule has 0 aromatic carbocycles. The average Bonchev–Trinajstić information content (AvgIpc) is 3.06. The van der Waals surface area contributed by atoms with Crippen LogP contribution in [0.2, 0.25) is 0 Å². The van der Waals surface area contributed by atoms with Crippen molar-refractivity contribution in [3.8, 4) is 0 Å². The number of ether oxygens (including phenoxy) is 1. The molecule has 0 aliphatic carbocycles. The van der Waals surface area contributed by atoms with Gasteiger partial charge in [0, 0.05) is 10.6 Å². The first-order valence-corrected chi connectivity index (χ1v) is 7.59. The molecule has 0 amide bonds. The van der Waals surface area contributed by atoms with E-state index in [1.807, 2.05) is 25.3 Å². The summed E-state index contributed by atoms with van der Waals surface area (Å²) in [5.74, 6) is 0.319. The minimum atomic E-state index is -0.318. The number of hydrogen-bond acceptors (Lipinski definition) is 6. The van der Waals surface area contributed by atoms with Crippen molar-refractivity contribution in [2.24, 2.45) is 0 Å². The average molecular weight is 304 g/mol. The largest absolute Gasteiger partial charge is 0.463 e. The van der Waals surface area contributed by atoms with Crippen molar-refractivity contribution in [2.75, 3.05) is 11.9 Å². The lowest BCUT2D eigenvalue weighted by Gasteiger charge is -2.27. The molecule has 0 spiro atoms. The molecular formula is C14H16N4O2S. The van der Waals surface area contributed by atoms with E-state index in [-0.39, 0.29) is 12.0 Å². The normalized spacial score (nSPS) is 17.4. The first-order chi connectivity index (χ1) is 10.1. The van der Waals surface area contributed by atoms with Gasteiger partial charge in [-0.05, 0) is 37.8 Å². The second-order valence-corrected chi connectivity index (χ2v) is 5.73. The van der Waals surface area contributed by atoms with E-state index < -0.39 is 0 Å². The number of aryl methyl sites for hydroxylation is 1. The predicted octanol–water partition coefficient (Wildman–Crippen LogP) is 2.50. The number of thiophene rings is 1. The highest BCUT2D eigenvalue weighted by Gasteiger charge is 2.35. The topological polar surface area (TPSA) is 69.0 Å². The van der Waals surface area contributed by atoms with Crippen molar-refractivity contribution in [1.82, 2.24) is 14.8 Å². The number of hydrogen-bond donors (Lipinski definition) is 1. The molecule has 110 valence electrons. The summed E-state index contributed by atoms with van der Waals surface area (Å²) in [6.45, 7) is 6.04. The van der Waals surface area contributed by atoms with E-state index in [0.29, 0.717) is 18.1 Å². The number of rotatable bonds is 3. The van der Waals surface area contributed by atoms with Gasteiger partial charge in [-0.1, -0.05) is 0 Å². The molecular weight excluding hydrogens is 288 g/mol. The molecule has 1 aliphatic heterocycles. The zero-order valence-electron chi connectivity index (χ0n) is 12.1. The van der Waals surface area contributed by atoms with Gasteiger partial charge in [0.1, 0.15) is 12.4 Å². The predicted molar refractivity (Wildman–Crippen MR) is 80.2 cm³/mol. The van der Waals surface area contributed by atoms with Gasteiger partial charge in [-0.25, -0.2) is 9.48 Å². The molecule has 0 saturated heterocycles. The van der Waals surface area contributed by atoms with Crippen LogP contribution in [-0.4, -0.2) is 27.3 Å². The molecule has 21 heavy (non-hydrogen) atoms. The summed E-state index contributed by atoms with van der Waals surface area (Å²) in [7, 11) is 0. The first-order valence-electron chi connectivity index (χ1n) is 6.72. The Morgan fingerprint density at radius 1 is 1.52 bits per heavy atom. The molecule has 1 aliphatic rings. The standard InChI is InChI=1S/C14H16N4O2S/c1-4-20-13(19)10-9(3)17-14-15-7-16-18(14)11(10)12-8(2)5-6-21-12/h5-7,11H,4H2,1-3H3,(H,15,16,17)/t11-/m1/s1. The minimum absolute atomic E-state index is 0.289. The number of anilines is 1. The van der Waals surface area contributed by atoms with Gasteiger partial charge in [0.2, 0.25) is 5.95 Å². The van der Waals surface area contributed by atoms with Gasteiger partial charge in [-0.2, -0.15) is 10.1 Å². The molecule has 0 radical (unpaired) electrons. The van der Waals surface area contributed by atoms with Gasteiger partial charge in [0.25, 0.3) is 0 Å². The fourth-order valence-corrected chi connectivity index (χ4v) is 3.49. The maximum atomic E-state index is 12.4. The van der Waals surface area contributed by atoms with Crippen LogP contribution in [0.1, 0.15) is 30.3 Å².